The van der Waals surface area contributed by atoms with Crippen LogP contribution in [0.1, 0.15) is 26.7 Å². The monoisotopic (exact) mass is 398 g/mol. The number of ether oxygens (including phenoxy) is 2. The number of hydrogen-bond donors (Lipinski definition) is 0. The van der Waals surface area contributed by atoms with Crippen molar-refractivity contribution in [3.05, 3.63) is 24.3 Å². The molecule has 0 radical (unpaired) electrons. The van der Waals surface area contributed by atoms with E-state index in [1.165, 1.54) is 13.8 Å². The quantitative estimate of drug-likeness (QED) is 0.264. The van der Waals surface area contributed by atoms with Gasteiger partial charge in [0, 0.05) is 11.1 Å². The summed E-state index contributed by atoms with van der Waals surface area (Å²) in [5, 5.41) is 0. The van der Waals surface area contributed by atoms with Gasteiger partial charge in [0.25, 0.3) is 20.2 Å². The van der Waals surface area contributed by atoms with Gasteiger partial charge in [-0.25, -0.2) is 9.59 Å². The fourth-order valence-electron chi connectivity index (χ4n) is 1.27. The van der Waals surface area contributed by atoms with E-state index < -0.39 is 43.7 Å². The van der Waals surface area contributed by atoms with Gasteiger partial charge in [-0.1, -0.05) is 13.2 Å². The molecule has 0 saturated carbocycles. The fourth-order valence-corrected chi connectivity index (χ4v) is 4.02. The lowest BCUT2D eigenvalue weighted by Crippen LogP contribution is -2.21. The Morgan fingerprint density at radius 2 is 1.08 bits per heavy atom. The standard InChI is InChI=1S/C14H22O9S2/c1-11(2)13(15)21-7-5-9-24(17,18)23-25(19,20)10-6-8-22-14(16)12(3)4/h1,3,5-10H2,2,4H3. The van der Waals surface area contributed by atoms with Gasteiger partial charge >= 0.3 is 11.9 Å². The zero-order chi connectivity index (χ0) is 19.7. The van der Waals surface area contributed by atoms with E-state index in [1.54, 1.807) is 0 Å². The third-order valence-corrected chi connectivity index (χ3v) is 5.68. The van der Waals surface area contributed by atoms with E-state index >= 15 is 0 Å². The highest BCUT2D eigenvalue weighted by Crippen LogP contribution is 2.07. The molecule has 0 aromatic rings. The molecule has 0 saturated heterocycles. The highest BCUT2D eigenvalue weighted by Gasteiger charge is 2.22. The fraction of sp³-hybridized carbons (Fsp3) is 0.571. The van der Waals surface area contributed by atoms with Crippen LogP contribution in [0.15, 0.2) is 24.3 Å². The van der Waals surface area contributed by atoms with Gasteiger partial charge in [-0.2, -0.15) is 16.8 Å². The molecule has 0 aromatic heterocycles. The largest absolute Gasteiger partial charge is 0.462 e. The average molecular weight is 398 g/mol. The summed E-state index contributed by atoms with van der Waals surface area (Å²) in [6, 6.07) is 0. The predicted octanol–water partition coefficient (Wildman–Crippen LogP) is 0.681. The maximum absolute atomic E-state index is 11.6. The molecule has 0 N–H and O–H groups in total. The number of carbonyl (C=O) groups excluding carboxylic acids is 2. The molecule has 0 unspecified atom stereocenters. The molecule has 25 heavy (non-hydrogen) atoms. The number of hydrogen-bond acceptors (Lipinski definition) is 9. The Bertz CT molecular complexity index is 655. The first-order valence-electron chi connectivity index (χ1n) is 7.18. The van der Waals surface area contributed by atoms with Crippen LogP contribution >= 0.6 is 0 Å². The van der Waals surface area contributed by atoms with Crippen LogP contribution in [0.5, 0.6) is 0 Å². The van der Waals surface area contributed by atoms with E-state index in [-0.39, 0.29) is 37.2 Å². The molecule has 9 nitrogen and oxygen atoms in total. The van der Waals surface area contributed by atoms with Crippen LogP contribution in [0, 0.1) is 0 Å². The molecule has 0 aliphatic rings. The molecule has 0 heterocycles. The lowest BCUT2D eigenvalue weighted by Gasteiger charge is -2.07. The summed E-state index contributed by atoms with van der Waals surface area (Å²) >= 11 is 0. The minimum Gasteiger partial charge on any atom is -0.462 e. The summed E-state index contributed by atoms with van der Waals surface area (Å²) in [5.41, 5.74) is 0.322. The first kappa shape index (κ1) is 23.3. The molecule has 0 aromatic carbocycles. The van der Waals surface area contributed by atoms with Gasteiger partial charge in [-0.15, -0.1) is 3.63 Å². The second-order valence-corrected chi connectivity index (χ2v) is 8.72. The van der Waals surface area contributed by atoms with E-state index in [4.69, 9.17) is 0 Å². The molecule has 11 heteroatoms. The lowest BCUT2D eigenvalue weighted by molar-refractivity contribution is -0.139. The normalized spacial score (nSPS) is 11.6. The van der Waals surface area contributed by atoms with Crippen molar-refractivity contribution >= 4 is 32.2 Å². The maximum atomic E-state index is 11.6. The second-order valence-electron chi connectivity index (χ2n) is 5.13. The Labute approximate surface area is 147 Å². The molecule has 0 amide bonds. The Morgan fingerprint density at radius 1 is 0.760 bits per heavy atom. The van der Waals surface area contributed by atoms with Gasteiger partial charge in [0.15, 0.2) is 0 Å². The molecule has 0 atom stereocenters. The van der Waals surface area contributed by atoms with Gasteiger partial charge in [-0.05, 0) is 26.7 Å². The highest BCUT2D eigenvalue weighted by molar-refractivity contribution is 7.99. The smallest absolute Gasteiger partial charge is 0.333 e. The van der Waals surface area contributed by atoms with Gasteiger partial charge < -0.3 is 9.47 Å². The van der Waals surface area contributed by atoms with Crippen molar-refractivity contribution in [1.82, 2.24) is 0 Å². The summed E-state index contributed by atoms with van der Waals surface area (Å²) in [7, 11) is -8.70. The summed E-state index contributed by atoms with van der Waals surface area (Å²) in [4.78, 5) is 22.2. The van der Waals surface area contributed by atoms with Crippen molar-refractivity contribution in [2.75, 3.05) is 24.7 Å². The predicted molar refractivity (Wildman–Crippen MR) is 89.4 cm³/mol. The highest BCUT2D eigenvalue weighted by atomic mass is 32.3. The van der Waals surface area contributed by atoms with Crippen molar-refractivity contribution < 1.29 is 39.5 Å². The van der Waals surface area contributed by atoms with Gasteiger partial charge in [0.1, 0.15) is 0 Å². The number of esters is 2. The Morgan fingerprint density at radius 3 is 1.36 bits per heavy atom. The van der Waals surface area contributed by atoms with E-state index in [9.17, 15) is 26.4 Å². The topological polar surface area (TPSA) is 130 Å². The van der Waals surface area contributed by atoms with E-state index in [1.807, 2.05) is 0 Å². The number of carbonyl (C=O) groups is 2. The molecule has 0 fully saturated rings. The minimum atomic E-state index is -4.35. The van der Waals surface area contributed by atoms with Crippen LogP contribution in [0.2, 0.25) is 0 Å². The second kappa shape index (κ2) is 10.3. The summed E-state index contributed by atoms with van der Waals surface area (Å²) in [5.74, 6) is -2.62. The van der Waals surface area contributed by atoms with Crippen molar-refractivity contribution in [3.8, 4) is 0 Å². The van der Waals surface area contributed by atoms with Crippen molar-refractivity contribution in [3.63, 3.8) is 0 Å². The molecule has 0 rings (SSSR count). The first-order chi connectivity index (χ1) is 11.4. The van der Waals surface area contributed by atoms with Crippen molar-refractivity contribution in [2.24, 2.45) is 0 Å². The van der Waals surface area contributed by atoms with Crippen LogP contribution in [-0.2, 0) is 42.9 Å². The van der Waals surface area contributed by atoms with Gasteiger partial charge in [0.2, 0.25) is 0 Å². The molecule has 0 aliphatic carbocycles. The summed E-state index contributed by atoms with van der Waals surface area (Å²) in [6.07, 6.45) is -0.264. The SMILES string of the molecule is C=C(C)C(=O)OCCCS(=O)(=O)OS(=O)(=O)CCCOC(=O)C(=C)C. The molecular weight excluding hydrogens is 376 g/mol. The van der Waals surface area contributed by atoms with Crippen LogP contribution in [-0.4, -0.2) is 53.5 Å². The summed E-state index contributed by atoms with van der Waals surface area (Å²) < 4.78 is 59.9. The van der Waals surface area contributed by atoms with Gasteiger partial charge in [0.05, 0.1) is 24.7 Å². The van der Waals surface area contributed by atoms with Crippen LogP contribution in [0.4, 0.5) is 0 Å². The van der Waals surface area contributed by atoms with Crippen LogP contribution in [0.3, 0.4) is 0 Å². The van der Waals surface area contributed by atoms with E-state index in [0.29, 0.717) is 0 Å². The Kier molecular flexibility index (Phi) is 9.60. The first-order valence-corrected chi connectivity index (χ1v) is 10.3. The molecule has 0 bridgehead atoms. The molecule has 0 spiro atoms. The molecule has 144 valence electrons. The van der Waals surface area contributed by atoms with Crippen molar-refractivity contribution in [2.45, 2.75) is 26.7 Å². The van der Waals surface area contributed by atoms with Crippen LogP contribution in [0.25, 0.3) is 0 Å². The maximum Gasteiger partial charge on any atom is 0.333 e. The molecular formula is C14H22O9S2. The minimum absolute atomic E-state index is 0.132. The zero-order valence-corrected chi connectivity index (χ0v) is 15.8. The van der Waals surface area contributed by atoms with E-state index in [0.717, 1.165) is 0 Å². The van der Waals surface area contributed by atoms with Crippen LogP contribution < -0.4 is 0 Å². The Hall–Kier alpha value is -1.72. The lowest BCUT2D eigenvalue weighted by atomic mass is 10.4. The molecule has 0 aliphatic heterocycles. The summed E-state index contributed by atoms with van der Waals surface area (Å²) in [6.45, 7) is 9.14. The zero-order valence-electron chi connectivity index (χ0n) is 14.1. The number of rotatable bonds is 12. The van der Waals surface area contributed by atoms with Gasteiger partial charge in [-0.3, -0.25) is 0 Å². The Balaban J connectivity index is 4.24. The van der Waals surface area contributed by atoms with E-state index in [2.05, 4.69) is 26.3 Å². The van der Waals surface area contributed by atoms with Crippen molar-refractivity contribution in [1.29, 1.82) is 0 Å². The third kappa shape index (κ3) is 11.5. The third-order valence-electron chi connectivity index (χ3n) is 2.45. The average Bonchev–Trinajstić information content (AvgIpc) is 2.46.